The summed E-state index contributed by atoms with van der Waals surface area (Å²) in [6, 6.07) is 0. The van der Waals surface area contributed by atoms with E-state index in [4.69, 9.17) is 9.05 Å². The highest BCUT2D eigenvalue weighted by molar-refractivity contribution is 8.82. The van der Waals surface area contributed by atoms with Gasteiger partial charge >= 0.3 is 6.12 Å². The van der Waals surface area contributed by atoms with Crippen LogP contribution in [-0.2, 0) is 9.05 Å². The van der Waals surface area contributed by atoms with Crippen LogP contribution < -0.4 is 0 Å². The average Bonchev–Trinajstić information content (AvgIpc) is 1.53. The second-order valence-corrected chi connectivity index (χ2v) is 8.31. The molecule has 0 aromatic heterocycles. The maximum Gasteiger partial charge on any atom is 0.389 e. The molecule has 68 valence electrons. The van der Waals surface area contributed by atoms with Gasteiger partial charge in [0.05, 0.1) is 24.5 Å². The third-order valence-corrected chi connectivity index (χ3v) is 3.22. The fourth-order valence-corrected chi connectivity index (χ4v) is 3.99. The van der Waals surface area contributed by atoms with Gasteiger partial charge < -0.3 is 0 Å². The minimum Gasteiger partial charge on any atom is -0.181 e. The van der Waals surface area contributed by atoms with E-state index < -0.39 is 6.12 Å². The van der Waals surface area contributed by atoms with Crippen molar-refractivity contribution in [3.63, 3.8) is 0 Å². The molecule has 0 spiro atoms. The molecule has 0 radical (unpaired) electrons. The molecule has 0 bridgehead atoms. The first kappa shape index (κ1) is 12.0. The Hall–Kier alpha value is 1.05. The molecule has 0 heterocycles. The monoisotopic (exact) mass is 215 g/mol. The van der Waals surface area contributed by atoms with Crippen LogP contribution in [0.1, 0.15) is 27.7 Å². The predicted octanol–water partition coefficient (Wildman–Crippen LogP) is 3.37. The lowest BCUT2D eigenvalue weighted by molar-refractivity contribution is 0.184. The lowest BCUT2D eigenvalue weighted by Gasteiger charge is -2.15. The summed E-state index contributed by atoms with van der Waals surface area (Å²) in [4.78, 5) is 0. The van der Waals surface area contributed by atoms with Crippen molar-refractivity contribution in [1.29, 1.82) is 0 Å². The second kappa shape index (κ2) is 4.93. The van der Waals surface area contributed by atoms with Crippen LogP contribution in [0, 0.1) is 0 Å². The highest BCUT2D eigenvalue weighted by Crippen LogP contribution is 2.71. The molecule has 0 atom stereocenters. The first-order valence-electron chi connectivity index (χ1n) is 3.55. The number of rotatable bonds is 4. The molecule has 0 fully saturated rings. The molecule has 0 amide bonds. The third-order valence-electron chi connectivity index (χ3n) is 0.696. The van der Waals surface area contributed by atoms with E-state index in [1.54, 1.807) is 0 Å². The van der Waals surface area contributed by atoms with Gasteiger partial charge in [-0.15, -0.1) is 0 Å². The van der Waals surface area contributed by atoms with Crippen molar-refractivity contribution in [1.82, 2.24) is 0 Å². The second-order valence-electron chi connectivity index (χ2n) is 2.80. The highest BCUT2D eigenvalue weighted by atomic mass is 33.1. The Morgan fingerprint density at radius 2 is 1.18 bits per heavy atom. The van der Waals surface area contributed by atoms with Crippen LogP contribution >= 0.6 is 30.6 Å². The van der Waals surface area contributed by atoms with Crippen molar-refractivity contribution in [3.8, 4) is 0 Å². The Labute approximate surface area is 79.9 Å². The molecule has 5 heteroatoms. The Balaban J connectivity index is 3.79. The van der Waals surface area contributed by atoms with Crippen LogP contribution in [-0.4, -0.2) is 12.2 Å². The Morgan fingerprint density at radius 3 is 1.36 bits per heavy atom. The molecule has 0 rings (SSSR count). The third kappa shape index (κ3) is 7.41. The van der Waals surface area contributed by atoms with Crippen molar-refractivity contribution in [2.75, 3.05) is 0 Å². The van der Waals surface area contributed by atoms with Crippen LogP contribution in [0.5, 0.6) is 0 Å². The Bertz CT molecular complexity index is 105. The van der Waals surface area contributed by atoms with Gasteiger partial charge in [0.2, 0.25) is 0 Å². The van der Waals surface area contributed by atoms with Crippen LogP contribution in [0.3, 0.4) is 0 Å². The average molecular weight is 215 g/mol. The van der Waals surface area contributed by atoms with Gasteiger partial charge in [-0.25, -0.2) is 0 Å². The normalized spacial score (nSPS) is 13.1. The molecule has 11 heavy (non-hydrogen) atoms. The summed E-state index contributed by atoms with van der Waals surface area (Å²) in [5.41, 5.74) is 0. The standard InChI is InChI=1S/C6H16O2PS2/c1-5(2)7-9(10,11)8-6(3)4/h5-6,10-11H,1-4H3/q+1. The van der Waals surface area contributed by atoms with E-state index in [-0.39, 0.29) is 12.2 Å². The van der Waals surface area contributed by atoms with E-state index in [1.165, 1.54) is 0 Å². The minimum atomic E-state index is -2.17. The summed E-state index contributed by atoms with van der Waals surface area (Å²) in [7, 11) is 0. The van der Waals surface area contributed by atoms with E-state index in [0.717, 1.165) is 0 Å². The summed E-state index contributed by atoms with van der Waals surface area (Å²) in [6.45, 7) is 7.74. The maximum atomic E-state index is 5.37. The lowest BCUT2D eigenvalue weighted by Crippen LogP contribution is -2.05. The molecular weight excluding hydrogens is 199 g/mol. The van der Waals surface area contributed by atoms with Gasteiger partial charge in [-0.05, 0) is 27.7 Å². The quantitative estimate of drug-likeness (QED) is 0.553. The van der Waals surface area contributed by atoms with E-state index in [0.29, 0.717) is 0 Å². The predicted molar refractivity (Wildman–Crippen MR) is 57.3 cm³/mol. The molecule has 0 aliphatic heterocycles. The molecular formula is C6H16O2PS2+. The van der Waals surface area contributed by atoms with Gasteiger partial charge in [-0.1, -0.05) is 0 Å². The summed E-state index contributed by atoms with van der Waals surface area (Å²) in [6.07, 6.45) is -1.95. The van der Waals surface area contributed by atoms with Gasteiger partial charge in [0.25, 0.3) is 0 Å². The Morgan fingerprint density at radius 1 is 0.909 bits per heavy atom. The fraction of sp³-hybridized carbons (Fsp3) is 1.00. The summed E-state index contributed by atoms with van der Waals surface area (Å²) in [5, 5.41) is 0. The molecule has 0 aromatic rings. The van der Waals surface area contributed by atoms with Gasteiger partial charge in [-0.3, -0.25) is 0 Å². The summed E-state index contributed by atoms with van der Waals surface area (Å²) >= 11 is 8.39. The first-order valence-corrected chi connectivity index (χ1v) is 7.48. The maximum absolute atomic E-state index is 5.37. The van der Waals surface area contributed by atoms with Crippen molar-refractivity contribution >= 4 is 30.6 Å². The van der Waals surface area contributed by atoms with Gasteiger partial charge in [-0.2, -0.15) is 9.05 Å². The van der Waals surface area contributed by atoms with E-state index in [9.17, 15) is 0 Å². The zero-order valence-corrected chi connectivity index (χ0v) is 10.00. The zero-order chi connectivity index (χ0) is 9.07. The van der Waals surface area contributed by atoms with Crippen LogP contribution in [0.15, 0.2) is 0 Å². The van der Waals surface area contributed by atoms with E-state index in [1.807, 2.05) is 27.7 Å². The summed E-state index contributed by atoms with van der Waals surface area (Å²) < 4.78 is 10.7. The van der Waals surface area contributed by atoms with E-state index in [2.05, 4.69) is 24.5 Å². The SMILES string of the molecule is CC(C)O[P+](S)(S)OC(C)C. The van der Waals surface area contributed by atoms with Gasteiger partial charge in [0.1, 0.15) is 12.2 Å². The molecule has 0 saturated carbocycles. The van der Waals surface area contributed by atoms with Crippen molar-refractivity contribution < 1.29 is 9.05 Å². The van der Waals surface area contributed by atoms with Gasteiger partial charge in [0, 0.05) is 0 Å². The van der Waals surface area contributed by atoms with Crippen molar-refractivity contribution in [2.24, 2.45) is 0 Å². The zero-order valence-electron chi connectivity index (χ0n) is 7.31. The topological polar surface area (TPSA) is 18.5 Å². The van der Waals surface area contributed by atoms with E-state index >= 15 is 0 Å². The van der Waals surface area contributed by atoms with Gasteiger partial charge in [0.15, 0.2) is 0 Å². The number of hydrogen-bond acceptors (Lipinski definition) is 4. The largest absolute Gasteiger partial charge is 0.389 e. The molecule has 0 aromatic carbocycles. The molecule has 0 aliphatic rings. The van der Waals surface area contributed by atoms with Crippen LogP contribution in [0.25, 0.3) is 0 Å². The van der Waals surface area contributed by atoms with Crippen molar-refractivity contribution in [2.45, 2.75) is 39.9 Å². The molecule has 0 saturated heterocycles. The molecule has 0 unspecified atom stereocenters. The number of hydrogen-bond donors (Lipinski definition) is 2. The molecule has 2 nitrogen and oxygen atoms in total. The van der Waals surface area contributed by atoms with Crippen LogP contribution in [0.4, 0.5) is 0 Å². The smallest absolute Gasteiger partial charge is 0.181 e. The van der Waals surface area contributed by atoms with Crippen LogP contribution in [0.2, 0.25) is 0 Å². The number of thiol groups is 2. The lowest BCUT2D eigenvalue weighted by atomic mass is 10.5. The minimum absolute atomic E-state index is 0.108. The molecule has 0 N–H and O–H groups in total. The molecule has 0 aliphatic carbocycles. The summed E-state index contributed by atoms with van der Waals surface area (Å²) in [5.74, 6) is 0. The first-order chi connectivity index (χ1) is 4.83. The fourth-order valence-electron chi connectivity index (χ4n) is 0.574. The van der Waals surface area contributed by atoms with Crippen molar-refractivity contribution in [3.05, 3.63) is 0 Å². The Kier molecular flexibility index (Phi) is 5.40. The highest BCUT2D eigenvalue weighted by Gasteiger charge is 2.36.